The van der Waals surface area contributed by atoms with Crippen LogP contribution in [0.5, 0.6) is 11.5 Å². The first-order valence-corrected chi connectivity index (χ1v) is 10.4. The van der Waals surface area contributed by atoms with Gasteiger partial charge in [-0.1, -0.05) is 36.0 Å². The van der Waals surface area contributed by atoms with Crippen LogP contribution in [0, 0.1) is 5.82 Å². The Morgan fingerprint density at radius 2 is 1.87 bits per heavy atom. The minimum absolute atomic E-state index is 0.0294. The maximum Gasteiger partial charge on any atom is 0.254 e. The molecule has 0 saturated carbocycles. The van der Waals surface area contributed by atoms with E-state index in [4.69, 9.17) is 9.47 Å². The SMILES string of the molecule is COc1ccccc1OCCSc1nnc(CCNC(=O)c2ccccc2F)n1C. The number of nitrogens with zero attached hydrogens (tertiary/aromatic N) is 3. The average Bonchev–Trinajstić information content (AvgIpc) is 3.11. The van der Waals surface area contributed by atoms with Crippen molar-refractivity contribution in [3.05, 3.63) is 65.7 Å². The maximum absolute atomic E-state index is 13.6. The Morgan fingerprint density at radius 3 is 2.63 bits per heavy atom. The average molecular weight is 431 g/mol. The number of hydrogen-bond acceptors (Lipinski definition) is 6. The maximum atomic E-state index is 13.6. The summed E-state index contributed by atoms with van der Waals surface area (Å²) in [7, 11) is 3.48. The molecule has 1 aromatic heterocycles. The fourth-order valence-electron chi connectivity index (χ4n) is 2.74. The van der Waals surface area contributed by atoms with Crippen LogP contribution < -0.4 is 14.8 Å². The van der Waals surface area contributed by atoms with E-state index in [1.165, 1.54) is 23.9 Å². The molecule has 0 aliphatic rings. The molecule has 3 rings (SSSR count). The Bertz CT molecular complexity index is 996. The van der Waals surface area contributed by atoms with Crippen molar-refractivity contribution < 1.29 is 18.7 Å². The van der Waals surface area contributed by atoms with Gasteiger partial charge < -0.3 is 19.4 Å². The molecule has 158 valence electrons. The van der Waals surface area contributed by atoms with Crippen LogP contribution in [0.2, 0.25) is 0 Å². The van der Waals surface area contributed by atoms with Crippen LogP contribution in [-0.4, -0.2) is 46.7 Å². The fourth-order valence-corrected chi connectivity index (χ4v) is 3.49. The summed E-state index contributed by atoms with van der Waals surface area (Å²) >= 11 is 1.53. The molecule has 9 heteroatoms. The summed E-state index contributed by atoms with van der Waals surface area (Å²) in [6, 6.07) is 13.4. The quantitative estimate of drug-likeness (QED) is 0.393. The molecule has 0 unspecified atom stereocenters. The van der Waals surface area contributed by atoms with Gasteiger partial charge in [0.1, 0.15) is 11.6 Å². The molecule has 2 aromatic carbocycles. The minimum atomic E-state index is -0.539. The van der Waals surface area contributed by atoms with Crippen LogP contribution in [-0.2, 0) is 13.5 Å². The van der Waals surface area contributed by atoms with Gasteiger partial charge in [0.15, 0.2) is 16.7 Å². The van der Waals surface area contributed by atoms with Crippen molar-refractivity contribution >= 4 is 17.7 Å². The van der Waals surface area contributed by atoms with Crippen molar-refractivity contribution in [2.75, 3.05) is 26.0 Å². The van der Waals surface area contributed by atoms with Crippen molar-refractivity contribution in [3.8, 4) is 11.5 Å². The lowest BCUT2D eigenvalue weighted by molar-refractivity contribution is 0.0950. The van der Waals surface area contributed by atoms with E-state index in [1.807, 2.05) is 35.9 Å². The largest absolute Gasteiger partial charge is 0.493 e. The molecular weight excluding hydrogens is 407 g/mol. The smallest absolute Gasteiger partial charge is 0.254 e. The number of aromatic nitrogens is 3. The molecule has 30 heavy (non-hydrogen) atoms. The van der Waals surface area contributed by atoms with E-state index in [2.05, 4.69) is 15.5 Å². The fraction of sp³-hybridized carbons (Fsp3) is 0.286. The van der Waals surface area contributed by atoms with Crippen molar-refractivity contribution in [1.82, 2.24) is 20.1 Å². The number of rotatable bonds is 10. The third kappa shape index (κ3) is 5.50. The van der Waals surface area contributed by atoms with Gasteiger partial charge in [0.2, 0.25) is 0 Å². The molecule has 3 aromatic rings. The van der Waals surface area contributed by atoms with E-state index in [0.29, 0.717) is 36.8 Å². The van der Waals surface area contributed by atoms with Crippen molar-refractivity contribution in [1.29, 1.82) is 0 Å². The number of hydrogen-bond donors (Lipinski definition) is 1. The molecule has 0 aliphatic heterocycles. The van der Waals surface area contributed by atoms with Crippen LogP contribution in [0.1, 0.15) is 16.2 Å². The van der Waals surface area contributed by atoms with Crippen LogP contribution in [0.3, 0.4) is 0 Å². The van der Waals surface area contributed by atoms with Crippen LogP contribution in [0.25, 0.3) is 0 Å². The number of nitrogens with one attached hydrogen (secondary N) is 1. The Balaban J connectivity index is 1.44. The van der Waals surface area contributed by atoms with Crippen LogP contribution >= 0.6 is 11.8 Å². The summed E-state index contributed by atoms with van der Waals surface area (Å²) in [6.07, 6.45) is 0.488. The molecule has 1 amide bonds. The molecular formula is C21H23FN4O3S. The zero-order valence-electron chi connectivity index (χ0n) is 16.8. The highest BCUT2D eigenvalue weighted by Crippen LogP contribution is 2.26. The molecule has 1 heterocycles. The third-order valence-electron chi connectivity index (χ3n) is 4.32. The third-order valence-corrected chi connectivity index (χ3v) is 5.30. The number of para-hydroxylation sites is 2. The number of carbonyl (C=O) groups excluding carboxylic acids is 1. The summed E-state index contributed by atoms with van der Waals surface area (Å²) in [6.45, 7) is 0.826. The highest BCUT2D eigenvalue weighted by molar-refractivity contribution is 7.99. The Kier molecular flexibility index (Phi) is 7.67. The van der Waals surface area contributed by atoms with Gasteiger partial charge in [-0.05, 0) is 24.3 Å². The summed E-state index contributed by atoms with van der Waals surface area (Å²) in [4.78, 5) is 12.1. The first-order chi connectivity index (χ1) is 14.6. The van der Waals surface area contributed by atoms with Gasteiger partial charge in [-0.25, -0.2) is 4.39 Å². The van der Waals surface area contributed by atoms with Crippen LogP contribution in [0.15, 0.2) is 53.7 Å². The molecule has 0 saturated heterocycles. The van der Waals surface area contributed by atoms with E-state index >= 15 is 0 Å². The minimum Gasteiger partial charge on any atom is -0.493 e. The Hall–Kier alpha value is -3.07. The second-order valence-corrected chi connectivity index (χ2v) is 7.35. The Morgan fingerprint density at radius 1 is 1.13 bits per heavy atom. The van der Waals surface area contributed by atoms with Gasteiger partial charge in [0.25, 0.3) is 5.91 Å². The molecule has 0 aliphatic carbocycles. The summed E-state index contributed by atoms with van der Waals surface area (Å²) in [5.74, 6) is 1.83. The van der Waals surface area contributed by atoms with Gasteiger partial charge in [0, 0.05) is 25.8 Å². The van der Waals surface area contributed by atoms with E-state index in [1.54, 1.807) is 19.2 Å². The molecule has 1 N–H and O–H groups in total. The molecule has 0 atom stereocenters. The lowest BCUT2D eigenvalue weighted by atomic mass is 10.2. The van der Waals surface area contributed by atoms with Gasteiger partial charge in [-0.2, -0.15) is 0 Å². The monoisotopic (exact) mass is 430 g/mol. The number of amides is 1. The predicted molar refractivity (Wildman–Crippen MR) is 113 cm³/mol. The zero-order valence-corrected chi connectivity index (χ0v) is 17.6. The normalized spacial score (nSPS) is 10.6. The van der Waals surface area contributed by atoms with E-state index in [9.17, 15) is 9.18 Å². The highest BCUT2D eigenvalue weighted by Gasteiger charge is 2.12. The van der Waals surface area contributed by atoms with Crippen molar-refractivity contribution in [3.63, 3.8) is 0 Å². The standard InChI is InChI=1S/C21H23FN4O3S/c1-26-19(11-12-23-20(27)15-7-3-4-8-16(15)22)24-25-21(26)30-14-13-29-18-10-6-5-9-17(18)28-2/h3-10H,11-14H2,1-2H3,(H,23,27). The number of thioether (sulfide) groups is 1. The number of halogens is 1. The first-order valence-electron chi connectivity index (χ1n) is 9.39. The molecule has 0 bridgehead atoms. The highest BCUT2D eigenvalue weighted by atomic mass is 32.2. The molecule has 7 nitrogen and oxygen atoms in total. The summed E-state index contributed by atoms with van der Waals surface area (Å²) in [5.41, 5.74) is 0.0294. The van der Waals surface area contributed by atoms with Gasteiger partial charge >= 0.3 is 0 Å². The van der Waals surface area contributed by atoms with Gasteiger partial charge in [0.05, 0.1) is 19.3 Å². The lowest BCUT2D eigenvalue weighted by Crippen LogP contribution is -2.27. The predicted octanol–water partition coefficient (Wildman–Crippen LogP) is 3.11. The van der Waals surface area contributed by atoms with E-state index in [-0.39, 0.29) is 5.56 Å². The van der Waals surface area contributed by atoms with Crippen molar-refractivity contribution in [2.24, 2.45) is 7.05 Å². The Labute approximate surface area is 178 Å². The summed E-state index contributed by atoms with van der Waals surface area (Å²) < 4.78 is 26.5. The van der Waals surface area contributed by atoms with Gasteiger partial charge in [-0.3, -0.25) is 4.79 Å². The number of benzene rings is 2. The second-order valence-electron chi connectivity index (χ2n) is 6.29. The summed E-state index contributed by atoms with van der Waals surface area (Å²) in [5, 5.41) is 11.8. The first kappa shape index (κ1) is 21.6. The molecule has 0 fully saturated rings. The molecule has 0 spiro atoms. The second kappa shape index (κ2) is 10.6. The van der Waals surface area contributed by atoms with Crippen molar-refractivity contribution in [2.45, 2.75) is 11.6 Å². The number of ether oxygens (including phenoxy) is 2. The molecule has 0 radical (unpaired) electrons. The lowest BCUT2D eigenvalue weighted by Gasteiger charge is -2.10. The zero-order chi connectivity index (χ0) is 21.3. The number of carbonyl (C=O) groups is 1. The number of methoxy groups -OCH3 is 1. The van der Waals surface area contributed by atoms with E-state index in [0.717, 1.165) is 11.0 Å². The van der Waals surface area contributed by atoms with Crippen LogP contribution in [0.4, 0.5) is 4.39 Å². The van der Waals surface area contributed by atoms with Gasteiger partial charge in [-0.15, -0.1) is 10.2 Å². The van der Waals surface area contributed by atoms with E-state index < -0.39 is 11.7 Å². The topological polar surface area (TPSA) is 78.3 Å².